The van der Waals surface area contributed by atoms with Crippen molar-refractivity contribution in [2.24, 2.45) is 0 Å². The maximum absolute atomic E-state index is 12.0. The third kappa shape index (κ3) is 6.22. The first kappa shape index (κ1) is 18.7. The summed E-state index contributed by atoms with van der Waals surface area (Å²) < 4.78 is 5.49. The number of aliphatic hydroxyl groups excluding tert-OH is 1. The maximum atomic E-state index is 12.0. The van der Waals surface area contributed by atoms with Gasteiger partial charge in [0, 0.05) is 24.8 Å². The fraction of sp³-hybridized carbons (Fsp3) is 0.562. The van der Waals surface area contributed by atoms with Crippen LogP contribution in [0.3, 0.4) is 0 Å². The van der Waals surface area contributed by atoms with Crippen LogP contribution >= 0.6 is 11.6 Å². The molecule has 3 N–H and O–H groups in total. The van der Waals surface area contributed by atoms with Crippen LogP contribution in [0.15, 0.2) is 24.3 Å². The van der Waals surface area contributed by atoms with Gasteiger partial charge in [-0.3, -0.25) is 0 Å². The topological polar surface area (TPSA) is 70.6 Å². The van der Waals surface area contributed by atoms with Gasteiger partial charge in [-0.2, -0.15) is 0 Å². The summed E-state index contributed by atoms with van der Waals surface area (Å²) in [6.45, 7) is 3.93. The van der Waals surface area contributed by atoms with Crippen molar-refractivity contribution >= 4 is 17.6 Å². The zero-order valence-corrected chi connectivity index (χ0v) is 14.1. The van der Waals surface area contributed by atoms with E-state index in [1.807, 2.05) is 26.0 Å². The average molecular weight is 329 g/mol. The van der Waals surface area contributed by atoms with Crippen molar-refractivity contribution < 1.29 is 14.6 Å². The molecule has 0 aliphatic rings. The van der Waals surface area contributed by atoms with Gasteiger partial charge in [0.1, 0.15) is 6.10 Å². The Kier molecular flexibility index (Phi) is 8.24. The fourth-order valence-electron chi connectivity index (χ4n) is 2.30. The largest absolute Gasteiger partial charge is 0.396 e. The Morgan fingerprint density at radius 3 is 2.45 bits per heavy atom. The first-order valence-corrected chi connectivity index (χ1v) is 7.81. The van der Waals surface area contributed by atoms with E-state index in [1.54, 1.807) is 19.2 Å². The Balaban J connectivity index is 2.55. The summed E-state index contributed by atoms with van der Waals surface area (Å²) in [5.74, 6) is 0. The zero-order valence-electron chi connectivity index (χ0n) is 13.3. The Bertz CT molecular complexity index is 453. The minimum Gasteiger partial charge on any atom is -0.396 e. The van der Waals surface area contributed by atoms with Gasteiger partial charge in [-0.25, -0.2) is 4.79 Å². The molecule has 22 heavy (non-hydrogen) atoms. The summed E-state index contributed by atoms with van der Waals surface area (Å²) in [5.41, 5.74) is 0.952. The lowest BCUT2D eigenvalue weighted by atomic mass is 10.0. The highest BCUT2D eigenvalue weighted by Gasteiger charge is 2.21. The van der Waals surface area contributed by atoms with Crippen molar-refractivity contribution in [1.82, 2.24) is 10.6 Å². The third-order valence-electron chi connectivity index (χ3n) is 3.44. The number of amides is 2. The van der Waals surface area contributed by atoms with E-state index < -0.39 is 0 Å². The van der Waals surface area contributed by atoms with Crippen LogP contribution in [0.4, 0.5) is 4.79 Å². The first-order chi connectivity index (χ1) is 10.5. The van der Waals surface area contributed by atoms with Crippen molar-refractivity contribution in [3.63, 3.8) is 0 Å². The van der Waals surface area contributed by atoms with Crippen LogP contribution in [0.25, 0.3) is 0 Å². The number of rotatable bonds is 8. The Labute approximate surface area is 137 Å². The lowest BCUT2D eigenvalue weighted by molar-refractivity contribution is 0.0760. The maximum Gasteiger partial charge on any atom is 0.315 e. The summed E-state index contributed by atoms with van der Waals surface area (Å²) >= 11 is 5.88. The number of urea groups is 1. The van der Waals surface area contributed by atoms with Gasteiger partial charge in [0.05, 0.1) is 6.04 Å². The van der Waals surface area contributed by atoms with Gasteiger partial charge in [-0.15, -0.1) is 0 Å². The molecule has 0 saturated heterocycles. The number of ether oxygens (including phenoxy) is 1. The number of benzene rings is 1. The van der Waals surface area contributed by atoms with E-state index in [0.717, 1.165) is 12.0 Å². The monoisotopic (exact) mass is 328 g/mol. The number of hydrogen-bond acceptors (Lipinski definition) is 3. The summed E-state index contributed by atoms with van der Waals surface area (Å²) in [7, 11) is 1.61. The van der Waals surface area contributed by atoms with Crippen LogP contribution in [0, 0.1) is 0 Å². The van der Waals surface area contributed by atoms with Gasteiger partial charge in [0.25, 0.3) is 0 Å². The molecule has 1 aromatic rings. The molecule has 0 spiro atoms. The van der Waals surface area contributed by atoms with E-state index in [4.69, 9.17) is 21.4 Å². The predicted octanol–water partition coefficient (Wildman–Crippen LogP) is 2.88. The normalized spacial score (nSPS) is 15.0. The molecule has 0 heterocycles. The summed E-state index contributed by atoms with van der Waals surface area (Å²) in [6, 6.07) is 6.94. The molecule has 3 unspecified atom stereocenters. The number of carbonyl (C=O) groups is 1. The van der Waals surface area contributed by atoms with Crippen LogP contribution in [-0.2, 0) is 4.74 Å². The third-order valence-corrected chi connectivity index (χ3v) is 3.69. The van der Waals surface area contributed by atoms with Crippen LogP contribution in [0.1, 0.15) is 38.4 Å². The van der Waals surface area contributed by atoms with E-state index in [2.05, 4.69) is 10.6 Å². The van der Waals surface area contributed by atoms with E-state index in [-0.39, 0.29) is 30.8 Å². The molecule has 6 heteroatoms. The molecule has 0 aromatic heterocycles. The number of aliphatic hydroxyl groups is 1. The van der Waals surface area contributed by atoms with Gasteiger partial charge >= 0.3 is 6.03 Å². The molecule has 1 aromatic carbocycles. The van der Waals surface area contributed by atoms with Crippen LogP contribution in [0.2, 0.25) is 5.02 Å². The van der Waals surface area contributed by atoms with E-state index >= 15 is 0 Å². The quantitative estimate of drug-likeness (QED) is 0.687. The van der Waals surface area contributed by atoms with Gasteiger partial charge in [-0.1, -0.05) is 23.7 Å². The molecular weight excluding hydrogens is 304 g/mol. The minimum atomic E-state index is -0.254. The van der Waals surface area contributed by atoms with Crippen molar-refractivity contribution in [1.29, 1.82) is 0 Å². The molecule has 2 amide bonds. The molecule has 124 valence electrons. The number of methoxy groups -OCH3 is 1. The molecule has 0 bridgehead atoms. The fourth-order valence-corrected chi connectivity index (χ4v) is 2.42. The SMILES string of the molecule is COC(c1ccc(Cl)cc1)C(C)NC(=O)NC(C)CCCO. The summed E-state index contributed by atoms with van der Waals surface area (Å²) in [5, 5.41) is 15.2. The lowest BCUT2D eigenvalue weighted by Gasteiger charge is -2.25. The molecule has 1 rings (SSSR count). The molecule has 0 aliphatic carbocycles. The molecule has 0 aliphatic heterocycles. The van der Waals surface area contributed by atoms with Gasteiger partial charge in [0.15, 0.2) is 0 Å². The standard InChI is InChI=1S/C16H25ClN2O3/c1-11(5-4-10-20)18-16(21)19-12(2)15(22-3)13-6-8-14(17)9-7-13/h6-9,11-12,15,20H,4-5,10H2,1-3H3,(H2,18,19,21). The number of hydrogen-bond donors (Lipinski definition) is 3. The zero-order chi connectivity index (χ0) is 16.5. The Hall–Kier alpha value is -1.30. The van der Waals surface area contributed by atoms with E-state index in [9.17, 15) is 4.79 Å². The highest BCUT2D eigenvalue weighted by molar-refractivity contribution is 6.30. The first-order valence-electron chi connectivity index (χ1n) is 7.44. The Morgan fingerprint density at radius 1 is 1.27 bits per heavy atom. The number of carbonyl (C=O) groups excluding carboxylic acids is 1. The second kappa shape index (κ2) is 9.66. The van der Waals surface area contributed by atoms with Crippen LogP contribution in [0.5, 0.6) is 0 Å². The van der Waals surface area contributed by atoms with Crippen molar-refractivity contribution in [3.8, 4) is 0 Å². The van der Waals surface area contributed by atoms with Crippen molar-refractivity contribution in [2.45, 2.75) is 44.9 Å². The molecule has 5 nitrogen and oxygen atoms in total. The van der Waals surface area contributed by atoms with Crippen molar-refractivity contribution in [2.75, 3.05) is 13.7 Å². The second-order valence-electron chi connectivity index (χ2n) is 5.38. The highest BCUT2D eigenvalue weighted by atomic mass is 35.5. The molecule has 0 fully saturated rings. The van der Waals surface area contributed by atoms with E-state index in [0.29, 0.717) is 11.4 Å². The van der Waals surface area contributed by atoms with E-state index in [1.165, 1.54) is 0 Å². The average Bonchev–Trinajstić information content (AvgIpc) is 2.47. The van der Waals surface area contributed by atoms with Gasteiger partial charge < -0.3 is 20.5 Å². The minimum absolute atomic E-state index is 0.0101. The van der Waals surface area contributed by atoms with Crippen LogP contribution in [-0.4, -0.2) is 36.9 Å². The lowest BCUT2D eigenvalue weighted by Crippen LogP contribution is -2.46. The molecule has 0 saturated carbocycles. The molecule has 3 atom stereocenters. The summed E-state index contributed by atoms with van der Waals surface area (Å²) in [4.78, 5) is 12.0. The Morgan fingerprint density at radius 2 is 1.91 bits per heavy atom. The molecule has 0 radical (unpaired) electrons. The summed E-state index contributed by atoms with van der Waals surface area (Å²) in [6.07, 6.45) is 1.15. The van der Waals surface area contributed by atoms with Gasteiger partial charge in [0.2, 0.25) is 0 Å². The smallest absolute Gasteiger partial charge is 0.315 e. The molecular formula is C16H25ClN2O3. The highest BCUT2D eigenvalue weighted by Crippen LogP contribution is 2.22. The predicted molar refractivity (Wildman–Crippen MR) is 88.1 cm³/mol. The number of halogens is 1. The van der Waals surface area contributed by atoms with Crippen LogP contribution < -0.4 is 10.6 Å². The number of nitrogens with one attached hydrogen (secondary N) is 2. The van der Waals surface area contributed by atoms with Gasteiger partial charge in [-0.05, 0) is 44.4 Å². The second-order valence-corrected chi connectivity index (χ2v) is 5.82. The van der Waals surface area contributed by atoms with Crippen molar-refractivity contribution in [3.05, 3.63) is 34.9 Å².